The quantitative estimate of drug-likeness (QED) is 0.488. The molecule has 4 N–H and O–H groups in total. The second-order valence-corrected chi connectivity index (χ2v) is 5.87. The van der Waals surface area contributed by atoms with Crippen LogP contribution >= 0.6 is 0 Å². The van der Waals surface area contributed by atoms with E-state index < -0.39 is 0 Å². The molecular weight excluding hydrogens is 306 g/mol. The Bertz CT molecular complexity index is 874. The molecule has 24 heavy (non-hydrogen) atoms. The number of para-hydroxylation sites is 1. The number of hydrogen-bond acceptors (Lipinski definition) is 5. The van der Waals surface area contributed by atoms with Gasteiger partial charge in [-0.3, -0.25) is 15.1 Å². The van der Waals surface area contributed by atoms with E-state index in [1.54, 1.807) is 7.11 Å². The maximum Gasteiger partial charge on any atom is 0.183 e. The smallest absolute Gasteiger partial charge is 0.183 e. The van der Waals surface area contributed by atoms with Crippen molar-refractivity contribution in [1.82, 2.24) is 25.3 Å². The summed E-state index contributed by atoms with van der Waals surface area (Å²) >= 11 is 0. The maximum absolute atomic E-state index is 6.10. The fraction of sp³-hybridized carbons (Fsp3) is 0.312. The summed E-state index contributed by atoms with van der Waals surface area (Å²) in [5, 5.41) is 15.2. The van der Waals surface area contributed by atoms with Crippen molar-refractivity contribution in [2.75, 3.05) is 13.7 Å². The minimum absolute atomic E-state index is 0.569. The van der Waals surface area contributed by atoms with Gasteiger partial charge in [0.15, 0.2) is 5.82 Å². The molecule has 0 amide bonds. The van der Waals surface area contributed by atoms with Crippen LogP contribution in [0.25, 0.3) is 10.9 Å². The average Bonchev–Trinajstić information content (AvgIpc) is 3.27. The number of aliphatic imine (C=N–C) groups is 1. The molecule has 8 nitrogen and oxygen atoms in total. The van der Waals surface area contributed by atoms with E-state index in [2.05, 4.69) is 30.3 Å². The van der Waals surface area contributed by atoms with Crippen molar-refractivity contribution in [3.8, 4) is 5.75 Å². The van der Waals surface area contributed by atoms with Crippen LogP contribution in [-0.4, -0.2) is 44.8 Å². The molecule has 0 bridgehead atoms. The summed E-state index contributed by atoms with van der Waals surface area (Å²) in [6.07, 6.45) is 2.58. The fourth-order valence-electron chi connectivity index (χ4n) is 3.01. The summed E-state index contributed by atoms with van der Waals surface area (Å²) in [6, 6.07) is 5.75. The van der Waals surface area contributed by atoms with E-state index in [9.17, 15) is 0 Å². The highest BCUT2D eigenvalue weighted by molar-refractivity contribution is 5.95. The lowest BCUT2D eigenvalue weighted by Crippen LogP contribution is -2.24. The van der Waals surface area contributed by atoms with E-state index in [1.807, 2.05) is 24.4 Å². The Hall–Kier alpha value is -2.87. The van der Waals surface area contributed by atoms with Gasteiger partial charge in [-0.05, 0) is 12.1 Å². The Balaban J connectivity index is 1.45. The van der Waals surface area contributed by atoms with Crippen molar-refractivity contribution >= 4 is 22.6 Å². The van der Waals surface area contributed by atoms with Gasteiger partial charge in [0, 0.05) is 37.0 Å². The van der Waals surface area contributed by atoms with Crippen molar-refractivity contribution in [3.05, 3.63) is 35.7 Å². The van der Waals surface area contributed by atoms with Crippen LogP contribution in [0.1, 0.15) is 17.7 Å². The largest absolute Gasteiger partial charge is 0.494 e. The zero-order valence-electron chi connectivity index (χ0n) is 13.4. The molecule has 1 aliphatic heterocycles. The molecule has 2 aromatic heterocycles. The number of methoxy groups -OCH3 is 1. The predicted octanol–water partition coefficient (Wildman–Crippen LogP) is 1.69. The SMILES string of the molecule is COc1cccc2c(N=C(N)CCN3Cc4cn[nH]c4C3)n[nH]c12. The Labute approximate surface area is 138 Å². The number of hydrogen-bond donors (Lipinski definition) is 3. The molecule has 3 heterocycles. The first-order valence-corrected chi connectivity index (χ1v) is 7.82. The standard InChI is InChI=1S/C16H19N7O/c1-24-13-4-2-3-11-15(13)21-22-16(11)19-14(17)5-6-23-8-10-7-18-20-12(10)9-23/h2-4,7H,5-6,8-9H2,1H3,(H,18,20)(H3,17,19,21,22). The van der Waals surface area contributed by atoms with Crippen LogP contribution in [0.5, 0.6) is 5.75 Å². The number of benzene rings is 1. The Morgan fingerprint density at radius 2 is 2.29 bits per heavy atom. The number of nitrogens with one attached hydrogen (secondary N) is 2. The number of amidine groups is 1. The van der Waals surface area contributed by atoms with Crippen molar-refractivity contribution in [1.29, 1.82) is 0 Å². The van der Waals surface area contributed by atoms with Crippen LogP contribution in [0.15, 0.2) is 29.4 Å². The van der Waals surface area contributed by atoms with E-state index in [-0.39, 0.29) is 0 Å². The van der Waals surface area contributed by atoms with Crippen LogP contribution in [-0.2, 0) is 13.1 Å². The molecular formula is C16H19N7O. The first-order valence-electron chi connectivity index (χ1n) is 7.82. The van der Waals surface area contributed by atoms with Gasteiger partial charge in [0.05, 0.1) is 19.0 Å². The zero-order valence-corrected chi connectivity index (χ0v) is 13.4. The molecule has 0 spiro atoms. The Kier molecular flexibility index (Phi) is 3.66. The minimum atomic E-state index is 0.569. The van der Waals surface area contributed by atoms with E-state index >= 15 is 0 Å². The molecule has 1 aromatic carbocycles. The third-order valence-corrected chi connectivity index (χ3v) is 4.28. The molecule has 8 heteroatoms. The first kappa shape index (κ1) is 14.7. The summed E-state index contributed by atoms with van der Waals surface area (Å²) in [5.41, 5.74) is 9.38. The lowest BCUT2D eigenvalue weighted by Gasteiger charge is -2.13. The lowest BCUT2D eigenvalue weighted by molar-refractivity contribution is 0.289. The van der Waals surface area contributed by atoms with E-state index in [0.29, 0.717) is 18.1 Å². The average molecular weight is 325 g/mol. The second kappa shape index (κ2) is 5.97. The topological polar surface area (TPSA) is 108 Å². The number of rotatable bonds is 5. The predicted molar refractivity (Wildman–Crippen MR) is 91.2 cm³/mol. The van der Waals surface area contributed by atoms with Crippen LogP contribution in [0.4, 0.5) is 5.82 Å². The van der Waals surface area contributed by atoms with Crippen molar-refractivity contribution in [2.24, 2.45) is 10.7 Å². The Morgan fingerprint density at radius 1 is 1.38 bits per heavy atom. The van der Waals surface area contributed by atoms with Gasteiger partial charge in [-0.25, -0.2) is 4.99 Å². The summed E-state index contributed by atoms with van der Waals surface area (Å²) in [7, 11) is 1.63. The third-order valence-electron chi connectivity index (χ3n) is 4.28. The van der Waals surface area contributed by atoms with Gasteiger partial charge in [0.2, 0.25) is 0 Å². The first-order chi connectivity index (χ1) is 11.7. The van der Waals surface area contributed by atoms with Crippen molar-refractivity contribution in [3.63, 3.8) is 0 Å². The number of aromatic nitrogens is 4. The van der Waals surface area contributed by atoms with Gasteiger partial charge in [0.25, 0.3) is 0 Å². The third kappa shape index (κ3) is 2.61. The maximum atomic E-state index is 6.10. The number of H-pyrrole nitrogens is 2. The summed E-state index contributed by atoms with van der Waals surface area (Å²) < 4.78 is 5.32. The normalized spacial score (nSPS) is 15.1. The highest BCUT2D eigenvalue weighted by atomic mass is 16.5. The Morgan fingerprint density at radius 3 is 3.12 bits per heavy atom. The number of aromatic amines is 2. The molecule has 0 fully saturated rings. The highest BCUT2D eigenvalue weighted by Crippen LogP contribution is 2.29. The zero-order chi connectivity index (χ0) is 16.5. The minimum Gasteiger partial charge on any atom is -0.494 e. The summed E-state index contributed by atoms with van der Waals surface area (Å²) in [6.45, 7) is 2.64. The molecule has 0 aliphatic carbocycles. The van der Waals surface area contributed by atoms with Gasteiger partial charge in [-0.15, -0.1) is 0 Å². The molecule has 0 saturated carbocycles. The van der Waals surface area contributed by atoms with Gasteiger partial charge < -0.3 is 10.5 Å². The second-order valence-electron chi connectivity index (χ2n) is 5.87. The van der Waals surface area contributed by atoms with Crippen LogP contribution < -0.4 is 10.5 Å². The molecule has 0 radical (unpaired) electrons. The van der Waals surface area contributed by atoms with Gasteiger partial charge >= 0.3 is 0 Å². The fourth-order valence-corrected chi connectivity index (χ4v) is 3.01. The number of ether oxygens (including phenoxy) is 1. The van der Waals surface area contributed by atoms with Crippen LogP contribution in [0, 0.1) is 0 Å². The summed E-state index contributed by atoms with van der Waals surface area (Å²) in [4.78, 5) is 6.79. The molecule has 0 atom stereocenters. The van der Waals surface area contributed by atoms with Crippen molar-refractivity contribution in [2.45, 2.75) is 19.5 Å². The summed E-state index contributed by atoms with van der Waals surface area (Å²) in [5.74, 6) is 1.91. The van der Waals surface area contributed by atoms with Gasteiger partial charge in [-0.2, -0.15) is 10.2 Å². The highest BCUT2D eigenvalue weighted by Gasteiger charge is 2.20. The number of nitrogens with zero attached hydrogens (tertiary/aromatic N) is 4. The van der Waals surface area contributed by atoms with Crippen LogP contribution in [0.2, 0.25) is 0 Å². The van der Waals surface area contributed by atoms with Crippen molar-refractivity contribution < 1.29 is 4.74 Å². The van der Waals surface area contributed by atoms with Gasteiger partial charge in [-0.1, -0.05) is 6.07 Å². The monoisotopic (exact) mass is 325 g/mol. The van der Waals surface area contributed by atoms with Crippen LogP contribution in [0.3, 0.4) is 0 Å². The molecule has 0 saturated heterocycles. The van der Waals surface area contributed by atoms with E-state index in [4.69, 9.17) is 10.5 Å². The molecule has 124 valence electrons. The van der Waals surface area contributed by atoms with E-state index in [0.717, 1.165) is 36.3 Å². The lowest BCUT2D eigenvalue weighted by atomic mass is 10.2. The molecule has 1 aliphatic rings. The molecule has 0 unspecified atom stereocenters. The van der Waals surface area contributed by atoms with Gasteiger partial charge in [0.1, 0.15) is 17.1 Å². The molecule has 4 rings (SSSR count). The molecule has 3 aromatic rings. The number of fused-ring (bicyclic) bond motifs is 2. The van der Waals surface area contributed by atoms with E-state index in [1.165, 1.54) is 11.3 Å². The number of nitrogens with two attached hydrogens (primary N) is 1.